The van der Waals surface area contributed by atoms with Gasteiger partial charge in [0.25, 0.3) is 0 Å². The summed E-state index contributed by atoms with van der Waals surface area (Å²) in [5, 5.41) is 3.89. The van der Waals surface area contributed by atoms with Crippen LogP contribution in [0.15, 0.2) is 17.4 Å². The van der Waals surface area contributed by atoms with Crippen molar-refractivity contribution in [2.45, 2.75) is 0 Å². The van der Waals surface area contributed by atoms with Gasteiger partial charge in [0.1, 0.15) is 0 Å². The van der Waals surface area contributed by atoms with Crippen molar-refractivity contribution in [3.05, 3.63) is 12.3 Å². The van der Waals surface area contributed by atoms with Crippen LogP contribution in [0.3, 0.4) is 0 Å². The molecule has 0 unspecified atom stereocenters. The second-order valence-corrected chi connectivity index (χ2v) is 1.34. The van der Waals surface area contributed by atoms with Crippen LogP contribution in [-0.4, -0.2) is 18.3 Å². The molecule has 0 saturated heterocycles. The summed E-state index contributed by atoms with van der Waals surface area (Å²) in [6.07, 6.45) is 3.82. The smallest absolute Gasteiger partial charge is 0.122 e. The van der Waals surface area contributed by atoms with E-state index in [9.17, 15) is 0 Å². The van der Waals surface area contributed by atoms with E-state index >= 15 is 0 Å². The van der Waals surface area contributed by atoms with Gasteiger partial charge in [-0.15, -0.1) is 4.70 Å². The van der Waals surface area contributed by atoms with Crippen molar-refractivity contribution in [1.29, 1.82) is 0 Å². The maximum atomic E-state index is 3.89. The molecule has 32 valence electrons. The number of hydrogen-bond donors (Lipinski definition) is 0. The number of hydrogen-bond acceptors (Lipinski definition) is 1. The van der Waals surface area contributed by atoms with Crippen molar-refractivity contribution < 1.29 is 4.70 Å². The molecule has 1 aliphatic rings. The minimum absolute atomic E-state index is 0.972. The maximum absolute atomic E-state index is 3.89. The lowest BCUT2D eigenvalue weighted by Gasteiger charge is -1.72. The maximum Gasteiger partial charge on any atom is 0.188 e. The molecule has 1 aliphatic heterocycles. The molecular formula is C4H7N2+. The zero-order valence-electron chi connectivity index (χ0n) is 3.76. The number of rotatable bonds is 0. The number of likely N-dealkylation sites (N-methyl/N-ethyl adjacent to an activating group) is 1. The summed E-state index contributed by atoms with van der Waals surface area (Å²) in [6.45, 7) is 0.972. The summed E-state index contributed by atoms with van der Waals surface area (Å²) in [7, 11) is 1.94. The normalized spacial score (nSPS) is 18.5. The third kappa shape index (κ3) is 0.455. The Bertz CT molecular complexity index is 102. The molecule has 2 heteroatoms. The van der Waals surface area contributed by atoms with Gasteiger partial charge >= 0.3 is 0 Å². The minimum atomic E-state index is 0.972. The quantitative estimate of drug-likeness (QED) is 0.381. The molecule has 0 fully saturated rings. The van der Waals surface area contributed by atoms with E-state index in [0.717, 1.165) is 6.54 Å². The lowest BCUT2D eigenvalue weighted by atomic mass is 10.6. The van der Waals surface area contributed by atoms with E-state index in [1.54, 1.807) is 6.20 Å². The Morgan fingerprint density at radius 1 is 1.83 bits per heavy atom. The third-order valence-corrected chi connectivity index (χ3v) is 0.739. The highest BCUT2D eigenvalue weighted by molar-refractivity contribution is 4.78. The first-order valence-electron chi connectivity index (χ1n) is 1.96. The number of nitrogens with zero attached hydrogens (tertiary/aromatic N) is 2. The molecule has 0 amide bonds. The first-order valence-corrected chi connectivity index (χ1v) is 1.96. The van der Waals surface area contributed by atoms with Crippen LogP contribution in [0.5, 0.6) is 0 Å². The molecule has 0 radical (unpaired) electrons. The van der Waals surface area contributed by atoms with Gasteiger partial charge in [0.05, 0.1) is 6.20 Å². The molecule has 0 N–H and O–H groups in total. The van der Waals surface area contributed by atoms with E-state index in [4.69, 9.17) is 0 Å². The van der Waals surface area contributed by atoms with Crippen molar-refractivity contribution >= 4 is 0 Å². The van der Waals surface area contributed by atoms with Gasteiger partial charge in [0, 0.05) is 6.08 Å². The average molecular weight is 83.1 g/mol. The van der Waals surface area contributed by atoms with Crippen LogP contribution >= 0.6 is 0 Å². The predicted molar refractivity (Wildman–Crippen MR) is 22.6 cm³/mol. The van der Waals surface area contributed by atoms with Crippen molar-refractivity contribution in [3.63, 3.8) is 0 Å². The second-order valence-electron chi connectivity index (χ2n) is 1.34. The first-order chi connectivity index (χ1) is 2.89. The van der Waals surface area contributed by atoms with Gasteiger partial charge in [-0.3, -0.25) is 0 Å². The summed E-state index contributed by atoms with van der Waals surface area (Å²) in [5.41, 5.74) is 0. The van der Waals surface area contributed by atoms with Gasteiger partial charge < -0.3 is 0 Å². The topological polar surface area (TPSA) is 15.4 Å². The summed E-state index contributed by atoms with van der Waals surface area (Å²) in [6, 6.07) is 0. The predicted octanol–water partition coefficient (Wildman–Crippen LogP) is 0.608. The average Bonchev–Trinajstić information content (AvgIpc) is 1.86. The van der Waals surface area contributed by atoms with E-state index < -0.39 is 0 Å². The third-order valence-electron chi connectivity index (χ3n) is 0.739. The Labute approximate surface area is 36.8 Å². The van der Waals surface area contributed by atoms with Crippen LogP contribution in [0, 0.1) is 0 Å². The van der Waals surface area contributed by atoms with Gasteiger partial charge in [-0.25, -0.2) is 0 Å². The van der Waals surface area contributed by atoms with Crippen LogP contribution in [-0.2, 0) is 0 Å². The molecule has 0 aromatic heterocycles. The summed E-state index contributed by atoms with van der Waals surface area (Å²) < 4.78 is 1.88. The van der Waals surface area contributed by atoms with Gasteiger partial charge in [-0.05, 0) is 5.11 Å². The fourth-order valence-corrected chi connectivity index (χ4v) is 0.408. The SMILES string of the molecule is C[N+]1=NC=CC1. The van der Waals surface area contributed by atoms with Crippen LogP contribution in [0.25, 0.3) is 0 Å². The summed E-state index contributed by atoms with van der Waals surface area (Å²) in [4.78, 5) is 0. The highest BCUT2D eigenvalue weighted by atomic mass is 15.2. The standard InChI is InChI=1S/C4H7N2/c1-6-4-2-3-5-6/h2-3H,4H2,1H3/q+1. The highest BCUT2D eigenvalue weighted by Crippen LogP contribution is 1.86. The molecule has 6 heavy (non-hydrogen) atoms. The molecule has 0 bridgehead atoms. The van der Waals surface area contributed by atoms with E-state index in [1.807, 2.05) is 17.8 Å². The van der Waals surface area contributed by atoms with E-state index in [1.165, 1.54) is 0 Å². The van der Waals surface area contributed by atoms with Crippen molar-refractivity contribution in [2.24, 2.45) is 5.11 Å². The van der Waals surface area contributed by atoms with E-state index in [0.29, 0.717) is 0 Å². The lowest BCUT2D eigenvalue weighted by Crippen LogP contribution is -1.94. The Hall–Kier alpha value is -0.660. The van der Waals surface area contributed by atoms with E-state index in [2.05, 4.69) is 5.11 Å². The van der Waals surface area contributed by atoms with Gasteiger partial charge in [0.15, 0.2) is 13.6 Å². The van der Waals surface area contributed by atoms with E-state index in [-0.39, 0.29) is 0 Å². The monoisotopic (exact) mass is 83.1 g/mol. The largest absolute Gasteiger partial charge is 0.188 e. The Kier molecular flexibility index (Phi) is 0.708. The lowest BCUT2D eigenvalue weighted by molar-refractivity contribution is -0.547. The van der Waals surface area contributed by atoms with Crippen molar-refractivity contribution in [2.75, 3.05) is 13.6 Å². The fourth-order valence-electron chi connectivity index (χ4n) is 0.408. The number of azo groups is 2. The molecule has 0 spiro atoms. The molecule has 0 aromatic rings. The zero-order valence-corrected chi connectivity index (χ0v) is 3.76. The van der Waals surface area contributed by atoms with Crippen LogP contribution in [0.1, 0.15) is 0 Å². The molecule has 2 nitrogen and oxygen atoms in total. The first kappa shape index (κ1) is 3.53. The Morgan fingerprint density at radius 2 is 2.67 bits per heavy atom. The van der Waals surface area contributed by atoms with Gasteiger partial charge in [0.2, 0.25) is 0 Å². The second kappa shape index (κ2) is 1.20. The summed E-state index contributed by atoms with van der Waals surface area (Å²) >= 11 is 0. The van der Waals surface area contributed by atoms with Gasteiger partial charge in [-0.1, -0.05) is 0 Å². The molecule has 0 aromatic carbocycles. The van der Waals surface area contributed by atoms with Gasteiger partial charge in [-0.2, -0.15) is 0 Å². The van der Waals surface area contributed by atoms with Crippen LogP contribution < -0.4 is 0 Å². The molecule has 0 aliphatic carbocycles. The molecule has 1 rings (SSSR count). The fraction of sp³-hybridized carbons (Fsp3) is 0.500. The molecular weight excluding hydrogens is 76.1 g/mol. The molecule has 1 heterocycles. The Balaban J connectivity index is 2.61. The highest BCUT2D eigenvalue weighted by Gasteiger charge is 1.95. The summed E-state index contributed by atoms with van der Waals surface area (Å²) in [5.74, 6) is 0. The Morgan fingerprint density at radius 3 is 2.83 bits per heavy atom. The minimum Gasteiger partial charge on any atom is -0.122 e. The zero-order chi connectivity index (χ0) is 4.41. The van der Waals surface area contributed by atoms with Crippen molar-refractivity contribution in [1.82, 2.24) is 0 Å². The molecule has 0 atom stereocenters. The van der Waals surface area contributed by atoms with Crippen molar-refractivity contribution in [3.8, 4) is 0 Å². The van der Waals surface area contributed by atoms with Crippen LogP contribution in [0.2, 0.25) is 0 Å². The van der Waals surface area contributed by atoms with Crippen LogP contribution in [0.4, 0.5) is 0 Å². The molecule has 0 saturated carbocycles.